The van der Waals surface area contributed by atoms with E-state index in [-0.39, 0.29) is 0 Å². The molecule has 0 radical (unpaired) electrons. The van der Waals surface area contributed by atoms with Crippen molar-refractivity contribution in [3.63, 3.8) is 0 Å². The van der Waals surface area contributed by atoms with Gasteiger partial charge < -0.3 is 4.43 Å². The molecule has 1 aromatic rings. The van der Waals surface area contributed by atoms with Crippen LogP contribution in [-0.2, 0) is 4.43 Å². The smallest absolute Gasteiger partial charge is 0.276 e. The molecule has 0 atom stereocenters. The molecule has 0 saturated heterocycles. The normalized spacial score (nSPS) is 10.8. The fourth-order valence-corrected chi connectivity index (χ4v) is 2.66. The molecule has 0 amide bonds. The minimum Gasteiger partial charge on any atom is -0.546 e. The van der Waals surface area contributed by atoms with Gasteiger partial charge in [0.05, 0.1) is 6.26 Å². The van der Waals surface area contributed by atoms with Crippen LogP contribution in [0.25, 0.3) is 0 Å². The van der Waals surface area contributed by atoms with E-state index in [2.05, 4.69) is 31.8 Å². The quantitative estimate of drug-likeness (QED) is 0.509. The first-order valence-corrected chi connectivity index (χ1v) is 6.92. The van der Waals surface area contributed by atoms with Crippen molar-refractivity contribution in [1.82, 2.24) is 0 Å². The molecule has 0 unspecified atom stereocenters. The van der Waals surface area contributed by atoms with E-state index >= 15 is 0 Å². The van der Waals surface area contributed by atoms with Gasteiger partial charge in [0.15, 0.2) is 0 Å². The molecule has 0 fully saturated rings. The number of hydrogen-bond acceptors (Lipinski definition) is 1. The zero-order valence-corrected chi connectivity index (χ0v) is 8.58. The van der Waals surface area contributed by atoms with Crippen LogP contribution in [0, 0.1) is 0 Å². The Kier molecular flexibility index (Phi) is 2.71. The Morgan fingerprint density at radius 1 is 1.25 bits per heavy atom. The molecule has 64 valence electrons. The van der Waals surface area contributed by atoms with Crippen LogP contribution in [0.15, 0.2) is 43.2 Å². The zero-order valence-electron chi connectivity index (χ0n) is 7.58. The van der Waals surface area contributed by atoms with Gasteiger partial charge in [0.1, 0.15) is 0 Å². The highest BCUT2D eigenvalue weighted by Gasteiger charge is 2.24. The Morgan fingerprint density at radius 3 is 2.33 bits per heavy atom. The zero-order chi connectivity index (χ0) is 9.03. The van der Waals surface area contributed by atoms with E-state index in [1.807, 2.05) is 18.2 Å². The van der Waals surface area contributed by atoms with Crippen molar-refractivity contribution in [2.75, 3.05) is 0 Å². The largest absolute Gasteiger partial charge is 0.546 e. The van der Waals surface area contributed by atoms with Gasteiger partial charge in [-0.1, -0.05) is 36.9 Å². The van der Waals surface area contributed by atoms with Gasteiger partial charge in [-0.05, 0) is 18.3 Å². The highest BCUT2D eigenvalue weighted by Crippen LogP contribution is 2.04. The second-order valence-corrected chi connectivity index (χ2v) is 6.99. The summed E-state index contributed by atoms with van der Waals surface area (Å²) in [6.07, 6.45) is 1.54. The molecule has 0 heterocycles. The third-order valence-corrected chi connectivity index (χ3v) is 4.33. The summed E-state index contributed by atoms with van der Waals surface area (Å²) in [6.45, 7) is 7.90. The SMILES string of the molecule is C=CO[Si](C)(C)c1ccccc1. The monoisotopic (exact) mass is 178 g/mol. The van der Waals surface area contributed by atoms with E-state index in [1.165, 1.54) is 5.19 Å². The Bertz CT molecular complexity index is 254. The molecule has 0 bridgehead atoms. The molecular weight excluding hydrogens is 164 g/mol. The number of benzene rings is 1. The average Bonchev–Trinajstić information content (AvgIpc) is 2.06. The van der Waals surface area contributed by atoms with Gasteiger partial charge in [0, 0.05) is 0 Å². The van der Waals surface area contributed by atoms with Gasteiger partial charge in [-0.2, -0.15) is 0 Å². The molecule has 0 saturated carbocycles. The standard InChI is InChI=1S/C10H14OSi/c1-4-11-12(2,3)10-8-6-5-7-9-10/h4-9H,1H2,2-3H3. The van der Waals surface area contributed by atoms with E-state index < -0.39 is 8.32 Å². The lowest BCUT2D eigenvalue weighted by molar-refractivity contribution is 0.488. The van der Waals surface area contributed by atoms with Crippen LogP contribution < -0.4 is 5.19 Å². The molecule has 0 aromatic heterocycles. The molecule has 1 aromatic carbocycles. The fourth-order valence-electron chi connectivity index (χ4n) is 1.12. The lowest BCUT2D eigenvalue weighted by atomic mass is 10.4. The summed E-state index contributed by atoms with van der Waals surface area (Å²) < 4.78 is 5.52. The van der Waals surface area contributed by atoms with Gasteiger partial charge in [-0.25, -0.2) is 0 Å². The van der Waals surface area contributed by atoms with Crippen molar-refractivity contribution in [3.05, 3.63) is 43.2 Å². The minimum atomic E-state index is -1.70. The predicted octanol–water partition coefficient (Wildman–Crippen LogP) is 2.26. The third-order valence-electron chi connectivity index (χ3n) is 1.85. The summed E-state index contributed by atoms with van der Waals surface area (Å²) in [5.74, 6) is 0. The van der Waals surface area contributed by atoms with Crippen LogP contribution in [0.3, 0.4) is 0 Å². The summed E-state index contributed by atoms with van der Waals surface area (Å²) in [6, 6.07) is 10.3. The van der Waals surface area contributed by atoms with Gasteiger partial charge in [-0.15, -0.1) is 0 Å². The van der Waals surface area contributed by atoms with Crippen LogP contribution in [-0.4, -0.2) is 8.32 Å². The Balaban J connectivity index is 2.89. The van der Waals surface area contributed by atoms with Crippen LogP contribution in [0.1, 0.15) is 0 Å². The predicted molar refractivity (Wildman–Crippen MR) is 54.8 cm³/mol. The second kappa shape index (κ2) is 3.58. The Hall–Kier alpha value is -1.02. The van der Waals surface area contributed by atoms with Crippen LogP contribution in [0.2, 0.25) is 13.1 Å². The molecular formula is C10H14OSi. The maximum absolute atomic E-state index is 5.52. The first kappa shape index (κ1) is 9.07. The molecule has 0 spiro atoms. The highest BCUT2D eigenvalue weighted by molar-refractivity contribution is 6.84. The summed E-state index contributed by atoms with van der Waals surface area (Å²) in [7, 11) is -1.70. The molecule has 12 heavy (non-hydrogen) atoms. The van der Waals surface area contributed by atoms with Crippen LogP contribution >= 0.6 is 0 Å². The summed E-state index contributed by atoms with van der Waals surface area (Å²) in [5.41, 5.74) is 0. The van der Waals surface area contributed by atoms with Crippen LogP contribution in [0.4, 0.5) is 0 Å². The molecule has 0 aliphatic carbocycles. The lowest BCUT2D eigenvalue weighted by Crippen LogP contribution is -2.43. The van der Waals surface area contributed by atoms with Gasteiger partial charge in [0.25, 0.3) is 8.32 Å². The Labute approximate surface area is 74.8 Å². The molecule has 1 nitrogen and oxygen atoms in total. The molecule has 0 aliphatic rings. The second-order valence-electron chi connectivity index (χ2n) is 3.16. The third kappa shape index (κ3) is 1.98. The minimum absolute atomic E-state index is 1.30. The van der Waals surface area contributed by atoms with Crippen molar-refractivity contribution in [3.8, 4) is 0 Å². The lowest BCUT2D eigenvalue weighted by Gasteiger charge is -2.21. The number of rotatable bonds is 3. The van der Waals surface area contributed by atoms with Gasteiger partial charge in [-0.3, -0.25) is 0 Å². The highest BCUT2D eigenvalue weighted by atomic mass is 28.4. The van der Waals surface area contributed by atoms with E-state index in [0.717, 1.165) is 0 Å². The molecule has 2 heteroatoms. The van der Waals surface area contributed by atoms with Gasteiger partial charge in [0.2, 0.25) is 0 Å². The summed E-state index contributed by atoms with van der Waals surface area (Å²) in [5, 5.41) is 1.30. The van der Waals surface area contributed by atoms with Crippen molar-refractivity contribution in [1.29, 1.82) is 0 Å². The Morgan fingerprint density at radius 2 is 1.83 bits per heavy atom. The number of hydrogen-bond donors (Lipinski definition) is 0. The first-order valence-electron chi connectivity index (χ1n) is 4.01. The van der Waals surface area contributed by atoms with E-state index in [0.29, 0.717) is 0 Å². The van der Waals surface area contributed by atoms with Crippen molar-refractivity contribution < 1.29 is 4.43 Å². The fraction of sp³-hybridized carbons (Fsp3) is 0.200. The first-order chi connectivity index (χ1) is 5.67. The maximum Gasteiger partial charge on any atom is 0.276 e. The summed E-state index contributed by atoms with van der Waals surface area (Å²) in [4.78, 5) is 0. The maximum atomic E-state index is 5.52. The topological polar surface area (TPSA) is 9.23 Å². The van der Waals surface area contributed by atoms with Crippen molar-refractivity contribution in [2.24, 2.45) is 0 Å². The summed E-state index contributed by atoms with van der Waals surface area (Å²) >= 11 is 0. The van der Waals surface area contributed by atoms with Gasteiger partial charge >= 0.3 is 0 Å². The molecule has 0 N–H and O–H groups in total. The molecule has 1 rings (SSSR count). The van der Waals surface area contributed by atoms with Crippen molar-refractivity contribution in [2.45, 2.75) is 13.1 Å². The molecule has 0 aliphatic heterocycles. The van der Waals surface area contributed by atoms with Crippen molar-refractivity contribution >= 4 is 13.5 Å². The average molecular weight is 178 g/mol. The van der Waals surface area contributed by atoms with Crippen LogP contribution in [0.5, 0.6) is 0 Å². The van der Waals surface area contributed by atoms with E-state index in [4.69, 9.17) is 4.43 Å². The van der Waals surface area contributed by atoms with E-state index in [9.17, 15) is 0 Å². The van der Waals surface area contributed by atoms with E-state index in [1.54, 1.807) is 6.26 Å².